The summed E-state index contributed by atoms with van der Waals surface area (Å²) in [6, 6.07) is 21.3. The summed E-state index contributed by atoms with van der Waals surface area (Å²) in [4.78, 5) is 28.8. The average molecular weight is 552 g/mol. The third-order valence-corrected chi connectivity index (χ3v) is 8.80. The number of halogens is 1. The van der Waals surface area contributed by atoms with Gasteiger partial charge < -0.3 is 10.2 Å². The van der Waals surface area contributed by atoms with Crippen molar-refractivity contribution in [2.75, 3.05) is 10.8 Å². The number of hydrogen-bond donors (Lipinski definition) is 1. The smallest absolute Gasteiger partial charge is 0.264 e. The topological polar surface area (TPSA) is 86.8 Å². The summed E-state index contributed by atoms with van der Waals surface area (Å²) in [5.74, 6) is -1.30. The van der Waals surface area contributed by atoms with E-state index in [2.05, 4.69) is 5.32 Å². The van der Waals surface area contributed by atoms with Gasteiger partial charge in [-0.2, -0.15) is 0 Å². The van der Waals surface area contributed by atoms with Gasteiger partial charge in [-0.15, -0.1) is 0 Å². The average Bonchev–Trinajstić information content (AvgIpc) is 3.46. The first-order chi connectivity index (χ1) is 18.8. The Labute approximate surface area is 229 Å². The first-order valence-corrected chi connectivity index (χ1v) is 14.7. The molecule has 0 saturated heterocycles. The van der Waals surface area contributed by atoms with E-state index in [4.69, 9.17) is 0 Å². The molecule has 7 nitrogen and oxygen atoms in total. The highest BCUT2D eigenvalue weighted by atomic mass is 32.2. The molecular weight excluding hydrogens is 517 g/mol. The third-order valence-electron chi connectivity index (χ3n) is 7.01. The Kier molecular flexibility index (Phi) is 9.35. The van der Waals surface area contributed by atoms with Crippen LogP contribution in [0.25, 0.3) is 0 Å². The SMILES string of the molecule is CC[C@H](C(=O)NC1CCCC1)N(Cc1ccccc1)C(=O)CN(c1ccc(F)cc1)S(=O)(=O)c1ccccc1. The first kappa shape index (κ1) is 28.3. The molecule has 206 valence electrons. The fourth-order valence-corrected chi connectivity index (χ4v) is 6.36. The number of carbonyl (C=O) groups is 2. The number of rotatable bonds is 11. The molecule has 9 heteroatoms. The Morgan fingerprint density at radius 1 is 0.923 bits per heavy atom. The summed E-state index contributed by atoms with van der Waals surface area (Å²) >= 11 is 0. The van der Waals surface area contributed by atoms with Crippen LogP contribution in [0.15, 0.2) is 89.8 Å². The van der Waals surface area contributed by atoms with E-state index in [-0.39, 0.29) is 29.1 Å². The number of hydrogen-bond acceptors (Lipinski definition) is 4. The molecule has 2 amide bonds. The van der Waals surface area contributed by atoms with Crippen molar-refractivity contribution in [2.45, 2.75) is 62.6 Å². The molecule has 1 aliphatic rings. The molecule has 4 rings (SSSR count). The van der Waals surface area contributed by atoms with Crippen LogP contribution in [-0.2, 0) is 26.2 Å². The summed E-state index contributed by atoms with van der Waals surface area (Å²) in [6.45, 7) is 1.42. The maximum absolute atomic E-state index is 14.0. The summed E-state index contributed by atoms with van der Waals surface area (Å²) in [5, 5.41) is 3.09. The zero-order chi connectivity index (χ0) is 27.8. The highest BCUT2D eigenvalue weighted by Gasteiger charge is 2.34. The molecule has 0 heterocycles. The monoisotopic (exact) mass is 551 g/mol. The van der Waals surface area contributed by atoms with Crippen molar-refractivity contribution in [1.82, 2.24) is 10.2 Å². The third kappa shape index (κ3) is 7.03. The molecular formula is C30H34FN3O4S. The maximum Gasteiger partial charge on any atom is 0.264 e. The lowest BCUT2D eigenvalue weighted by Crippen LogP contribution is -2.53. The van der Waals surface area contributed by atoms with Crippen molar-refractivity contribution in [3.05, 3.63) is 96.3 Å². The summed E-state index contributed by atoms with van der Waals surface area (Å²) in [6.07, 6.45) is 4.28. The standard InChI is InChI=1S/C30H34FN3O4S/c1-2-28(30(36)32-25-13-9-10-14-25)33(21-23-11-5-3-6-12-23)29(35)22-34(26-19-17-24(31)18-20-26)39(37,38)27-15-7-4-8-16-27/h3-8,11-12,15-20,25,28H,2,9-10,13-14,21-22H2,1H3,(H,32,36)/t28-/m1/s1. The quantitative estimate of drug-likeness (QED) is 0.368. The van der Waals surface area contributed by atoms with Crippen molar-refractivity contribution in [3.8, 4) is 0 Å². The summed E-state index contributed by atoms with van der Waals surface area (Å²) < 4.78 is 42.1. The van der Waals surface area contributed by atoms with Gasteiger partial charge in [-0.25, -0.2) is 12.8 Å². The molecule has 0 bridgehead atoms. The molecule has 3 aromatic carbocycles. The van der Waals surface area contributed by atoms with Crippen LogP contribution >= 0.6 is 0 Å². The second-order valence-electron chi connectivity index (χ2n) is 9.72. The molecule has 1 atom stereocenters. The van der Waals surface area contributed by atoms with Gasteiger partial charge in [0.15, 0.2) is 0 Å². The van der Waals surface area contributed by atoms with Crippen molar-refractivity contribution < 1.29 is 22.4 Å². The molecule has 0 aromatic heterocycles. The zero-order valence-corrected chi connectivity index (χ0v) is 22.8. The number of anilines is 1. The minimum absolute atomic E-state index is 0.00255. The van der Waals surface area contributed by atoms with E-state index in [0.29, 0.717) is 6.42 Å². The lowest BCUT2D eigenvalue weighted by molar-refractivity contribution is -0.140. The van der Waals surface area contributed by atoms with Gasteiger partial charge in [-0.3, -0.25) is 13.9 Å². The van der Waals surface area contributed by atoms with E-state index in [1.165, 1.54) is 29.2 Å². The highest BCUT2D eigenvalue weighted by molar-refractivity contribution is 7.92. The molecule has 3 aromatic rings. The molecule has 1 N–H and O–H groups in total. The van der Waals surface area contributed by atoms with E-state index in [9.17, 15) is 22.4 Å². The predicted molar refractivity (Wildman–Crippen MR) is 149 cm³/mol. The Balaban J connectivity index is 1.68. The molecule has 39 heavy (non-hydrogen) atoms. The van der Waals surface area contributed by atoms with Crippen molar-refractivity contribution >= 4 is 27.5 Å². The van der Waals surface area contributed by atoms with E-state index < -0.39 is 34.3 Å². The van der Waals surface area contributed by atoms with Gasteiger partial charge in [0.1, 0.15) is 18.4 Å². The molecule has 0 spiro atoms. The van der Waals surface area contributed by atoms with Crippen LogP contribution in [0, 0.1) is 5.82 Å². The first-order valence-electron chi connectivity index (χ1n) is 13.3. The number of sulfonamides is 1. The molecule has 0 aliphatic heterocycles. The van der Waals surface area contributed by atoms with Crippen molar-refractivity contribution in [1.29, 1.82) is 0 Å². The van der Waals surface area contributed by atoms with Crippen molar-refractivity contribution in [3.63, 3.8) is 0 Å². The largest absolute Gasteiger partial charge is 0.352 e. The van der Waals surface area contributed by atoms with Gasteiger partial charge in [-0.05, 0) is 61.2 Å². The predicted octanol–water partition coefficient (Wildman–Crippen LogP) is 4.89. The molecule has 1 aliphatic carbocycles. The lowest BCUT2D eigenvalue weighted by Gasteiger charge is -2.33. The van der Waals surface area contributed by atoms with E-state index >= 15 is 0 Å². The molecule has 1 fully saturated rings. The Hall–Kier alpha value is -3.72. The minimum Gasteiger partial charge on any atom is -0.352 e. The maximum atomic E-state index is 14.0. The van der Waals surface area contributed by atoms with Gasteiger partial charge >= 0.3 is 0 Å². The fraction of sp³-hybridized carbons (Fsp3) is 0.333. The normalized spacial score (nSPS) is 14.5. The van der Waals surface area contributed by atoms with Gasteiger partial charge in [0.2, 0.25) is 11.8 Å². The minimum atomic E-state index is -4.18. The number of benzene rings is 3. The number of nitrogens with zero attached hydrogens (tertiary/aromatic N) is 2. The van der Waals surface area contributed by atoms with Crippen LogP contribution < -0.4 is 9.62 Å². The molecule has 1 saturated carbocycles. The van der Waals surface area contributed by atoms with Gasteiger partial charge in [0, 0.05) is 12.6 Å². The Bertz CT molecular complexity index is 1350. The number of amides is 2. The number of nitrogens with one attached hydrogen (secondary N) is 1. The van der Waals surface area contributed by atoms with E-state index in [1.807, 2.05) is 37.3 Å². The van der Waals surface area contributed by atoms with Crippen LogP contribution in [-0.4, -0.2) is 43.8 Å². The van der Waals surface area contributed by atoms with Gasteiger partial charge in [0.25, 0.3) is 10.0 Å². The van der Waals surface area contributed by atoms with Crippen molar-refractivity contribution in [2.24, 2.45) is 0 Å². The molecule has 0 unspecified atom stereocenters. The van der Waals surface area contributed by atoms with E-state index in [0.717, 1.165) is 47.7 Å². The summed E-state index contributed by atoms with van der Waals surface area (Å²) in [7, 11) is -4.18. The Morgan fingerprint density at radius 2 is 1.51 bits per heavy atom. The zero-order valence-electron chi connectivity index (χ0n) is 22.0. The summed E-state index contributed by atoms with van der Waals surface area (Å²) in [5.41, 5.74) is 0.967. The second-order valence-corrected chi connectivity index (χ2v) is 11.6. The van der Waals surface area contributed by atoms with Gasteiger partial charge in [0.05, 0.1) is 10.6 Å². The lowest BCUT2D eigenvalue weighted by atomic mass is 10.1. The van der Waals surface area contributed by atoms with Crippen LogP contribution in [0.3, 0.4) is 0 Å². The highest BCUT2D eigenvalue weighted by Crippen LogP contribution is 2.25. The van der Waals surface area contributed by atoms with Crippen LogP contribution in [0.4, 0.5) is 10.1 Å². The van der Waals surface area contributed by atoms with Gasteiger partial charge in [-0.1, -0.05) is 68.3 Å². The van der Waals surface area contributed by atoms with Crippen LogP contribution in [0.2, 0.25) is 0 Å². The Morgan fingerprint density at radius 3 is 2.10 bits per heavy atom. The second kappa shape index (κ2) is 12.9. The molecule has 0 radical (unpaired) electrons. The van der Waals surface area contributed by atoms with Crippen LogP contribution in [0.1, 0.15) is 44.6 Å². The number of carbonyl (C=O) groups excluding carboxylic acids is 2. The van der Waals surface area contributed by atoms with E-state index in [1.54, 1.807) is 18.2 Å². The van der Waals surface area contributed by atoms with Crippen LogP contribution in [0.5, 0.6) is 0 Å². The fourth-order valence-electron chi connectivity index (χ4n) is 4.92.